The minimum absolute atomic E-state index is 0.0986. The lowest BCUT2D eigenvalue weighted by atomic mass is 10.1. The lowest BCUT2D eigenvalue weighted by molar-refractivity contribution is 0.0695. The van der Waals surface area contributed by atoms with Crippen LogP contribution in [0, 0.1) is 0 Å². The molecule has 5 nitrogen and oxygen atoms in total. The van der Waals surface area contributed by atoms with Crippen molar-refractivity contribution in [2.45, 2.75) is 18.9 Å². The quantitative estimate of drug-likeness (QED) is 0.941. The first-order chi connectivity index (χ1) is 10.7. The Balaban J connectivity index is 1.80. The second-order valence-corrected chi connectivity index (χ2v) is 5.88. The number of hydrogen-bond acceptors (Lipinski definition) is 4. The van der Waals surface area contributed by atoms with Gasteiger partial charge in [0.1, 0.15) is 5.69 Å². The van der Waals surface area contributed by atoms with E-state index in [0.29, 0.717) is 10.7 Å². The molecule has 116 valence electrons. The van der Waals surface area contributed by atoms with Crippen molar-refractivity contribution in [1.29, 1.82) is 0 Å². The summed E-state index contributed by atoms with van der Waals surface area (Å²) in [6.45, 7) is 1.55. The predicted octanol–water partition coefficient (Wildman–Crippen LogP) is 2.82. The van der Waals surface area contributed by atoms with E-state index in [9.17, 15) is 4.79 Å². The van der Waals surface area contributed by atoms with Crippen molar-refractivity contribution in [3.63, 3.8) is 0 Å². The first kappa shape index (κ1) is 15.1. The molecule has 0 radical (unpaired) electrons. The van der Waals surface area contributed by atoms with Crippen LogP contribution >= 0.6 is 11.6 Å². The van der Waals surface area contributed by atoms with Crippen molar-refractivity contribution < 1.29 is 9.32 Å². The van der Waals surface area contributed by atoms with Crippen LogP contribution in [0.4, 0.5) is 0 Å². The van der Waals surface area contributed by atoms with Crippen molar-refractivity contribution in [2.75, 3.05) is 20.1 Å². The zero-order valence-electron chi connectivity index (χ0n) is 12.4. The fraction of sp³-hybridized carbons (Fsp3) is 0.375. The Morgan fingerprint density at radius 1 is 1.50 bits per heavy atom. The molecule has 0 saturated carbocycles. The zero-order valence-corrected chi connectivity index (χ0v) is 13.1. The predicted molar refractivity (Wildman–Crippen MR) is 84.9 cm³/mol. The zero-order chi connectivity index (χ0) is 15.5. The van der Waals surface area contributed by atoms with E-state index in [-0.39, 0.29) is 17.7 Å². The molecule has 0 bridgehead atoms. The number of amides is 1. The summed E-state index contributed by atoms with van der Waals surface area (Å²) in [4.78, 5) is 14.4. The smallest absolute Gasteiger partial charge is 0.292 e. The molecule has 1 N–H and O–H groups in total. The topological polar surface area (TPSA) is 58.4 Å². The van der Waals surface area contributed by atoms with Crippen LogP contribution < -0.4 is 5.32 Å². The van der Waals surface area contributed by atoms with Crippen LogP contribution in [0.2, 0.25) is 5.02 Å². The number of nitrogens with zero attached hydrogens (tertiary/aromatic N) is 2. The van der Waals surface area contributed by atoms with Crippen molar-refractivity contribution in [3.05, 3.63) is 41.1 Å². The summed E-state index contributed by atoms with van der Waals surface area (Å²) in [5, 5.41) is 7.75. The highest BCUT2D eigenvalue weighted by Gasteiger charge is 2.31. The van der Waals surface area contributed by atoms with Crippen molar-refractivity contribution >= 4 is 17.5 Å². The average molecular weight is 320 g/mol. The first-order valence-electron chi connectivity index (χ1n) is 7.37. The van der Waals surface area contributed by atoms with Crippen LogP contribution in [0.1, 0.15) is 23.4 Å². The Kier molecular flexibility index (Phi) is 4.45. The van der Waals surface area contributed by atoms with Gasteiger partial charge in [0.15, 0.2) is 0 Å². The molecule has 1 amide bonds. The average Bonchev–Trinajstić information content (AvgIpc) is 3.16. The molecule has 1 fully saturated rings. The third-order valence-corrected chi connectivity index (χ3v) is 4.15. The number of carbonyl (C=O) groups is 1. The van der Waals surface area contributed by atoms with E-state index in [1.54, 1.807) is 18.2 Å². The number of benzene rings is 1. The standard InChI is InChI=1S/C16H18ClN3O2/c1-18-10-13-6-3-7-20(13)16(21)15-9-14(19-22-15)11-4-2-5-12(17)8-11/h2,4-5,8-9,13,18H,3,6-7,10H2,1H3. The van der Waals surface area contributed by atoms with Crippen molar-refractivity contribution in [3.8, 4) is 11.3 Å². The highest BCUT2D eigenvalue weighted by molar-refractivity contribution is 6.30. The maximum absolute atomic E-state index is 12.6. The van der Waals surface area contributed by atoms with Crippen molar-refractivity contribution in [1.82, 2.24) is 15.4 Å². The van der Waals surface area contributed by atoms with Gasteiger partial charge in [-0.25, -0.2) is 0 Å². The monoisotopic (exact) mass is 319 g/mol. The Bertz CT molecular complexity index is 671. The van der Waals surface area contributed by atoms with Gasteiger partial charge in [-0.1, -0.05) is 28.9 Å². The van der Waals surface area contributed by atoms with Gasteiger partial charge in [-0.15, -0.1) is 0 Å². The summed E-state index contributed by atoms with van der Waals surface area (Å²) in [5.41, 5.74) is 1.46. The van der Waals surface area contributed by atoms with Crippen LogP contribution in [0.5, 0.6) is 0 Å². The molecule has 2 heterocycles. The minimum atomic E-state index is -0.0986. The van der Waals surface area contributed by atoms with Crippen LogP contribution in [0.3, 0.4) is 0 Å². The molecule has 1 aromatic carbocycles. The number of hydrogen-bond donors (Lipinski definition) is 1. The number of halogens is 1. The lowest BCUT2D eigenvalue weighted by Crippen LogP contribution is -2.40. The minimum Gasteiger partial charge on any atom is -0.350 e. The van der Waals surface area contributed by atoms with E-state index in [4.69, 9.17) is 16.1 Å². The Morgan fingerprint density at radius 3 is 3.14 bits per heavy atom. The molecule has 1 unspecified atom stereocenters. The number of likely N-dealkylation sites (tertiary alicyclic amines) is 1. The van der Waals surface area contributed by atoms with E-state index in [1.165, 1.54) is 0 Å². The van der Waals surface area contributed by atoms with Gasteiger partial charge in [-0.05, 0) is 32.0 Å². The Hall–Kier alpha value is -1.85. The molecular formula is C16H18ClN3O2. The molecule has 3 rings (SSSR count). The Morgan fingerprint density at radius 2 is 2.36 bits per heavy atom. The molecular weight excluding hydrogens is 302 g/mol. The molecule has 0 spiro atoms. The van der Waals surface area contributed by atoms with Crippen LogP contribution in [-0.4, -0.2) is 42.1 Å². The van der Waals surface area contributed by atoms with Gasteiger partial charge in [0, 0.05) is 35.8 Å². The maximum atomic E-state index is 12.6. The van der Waals surface area contributed by atoms with E-state index < -0.39 is 0 Å². The highest BCUT2D eigenvalue weighted by Crippen LogP contribution is 2.25. The molecule has 0 aliphatic carbocycles. The summed E-state index contributed by atoms with van der Waals surface area (Å²) in [7, 11) is 1.90. The molecule has 1 aliphatic rings. The van der Waals surface area contributed by atoms with Gasteiger partial charge in [0.05, 0.1) is 0 Å². The summed E-state index contributed by atoms with van der Waals surface area (Å²) in [5.74, 6) is 0.177. The number of likely N-dealkylation sites (N-methyl/N-ethyl adjacent to an activating group) is 1. The van der Waals surface area contributed by atoms with E-state index in [1.807, 2.05) is 24.1 Å². The highest BCUT2D eigenvalue weighted by atomic mass is 35.5. The lowest BCUT2D eigenvalue weighted by Gasteiger charge is -2.23. The fourth-order valence-corrected chi connectivity index (χ4v) is 3.04. The largest absolute Gasteiger partial charge is 0.350 e. The molecule has 2 aromatic rings. The summed E-state index contributed by atoms with van der Waals surface area (Å²) >= 11 is 5.98. The number of carbonyl (C=O) groups excluding carboxylic acids is 1. The summed E-state index contributed by atoms with van der Waals surface area (Å²) in [6, 6.07) is 9.23. The van der Waals surface area contributed by atoms with Crippen LogP contribution in [0.25, 0.3) is 11.3 Å². The summed E-state index contributed by atoms with van der Waals surface area (Å²) in [6.07, 6.45) is 2.04. The molecule has 6 heteroatoms. The van der Waals surface area contributed by atoms with Crippen LogP contribution in [0.15, 0.2) is 34.9 Å². The molecule has 22 heavy (non-hydrogen) atoms. The summed E-state index contributed by atoms with van der Waals surface area (Å²) < 4.78 is 5.25. The van der Waals surface area contributed by atoms with Crippen molar-refractivity contribution in [2.24, 2.45) is 0 Å². The van der Waals surface area contributed by atoms with Crippen LogP contribution in [-0.2, 0) is 0 Å². The SMILES string of the molecule is CNCC1CCCN1C(=O)c1cc(-c2cccc(Cl)c2)no1. The normalized spacial score (nSPS) is 17.9. The van der Waals surface area contributed by atoms with Gasteiger partial charge in [0.2, 0.25) is 5.76 Å². The number of nitrogens with one attached hydrogen (secondary N) is 1. The van der Waals surface area contributed by atoms with Gasteiger partial charge in [-0.3, -0.25) is 4.79 Å². The second-order valence-electron chi connectivity index (χ2n) is 5.44. The van der Waals surface area contributed by atoms with Gasteiger partial charge in [-0.2, -0.15) is 0 Å². The molecule has 1 saturated heterocycles. The third kappa shape index (κ3) is 3.00. The molecule has 1 atom stereocenters. The van der Waals surface area contributed by atoms with Gasteiger partial charge >= 0.3 is 0 Å². The Labute approximate surface area is 134 Å². The maximum Gasteiger partial charge on any atom is 0.292 e. The van der Waals surface area contributed by atoms with E-state index in [2.05, 4.69) is 10.5 Å². The van der Waals surface area contributed by atoms with E-state index in [0.717, 1.165) is 31.5 Å². The third-order valence-electron chi connectivity index (χ3n) is 3.92. The van der Waals surface area contributed by atoms with E-state index >= 15 is 0 Å². The van der Waals surface area contributed by atoms with Gasteiger partial charge < -0.3 is 14.7 Å². The number of aromatic nitrogens is 1. The molecule has 1 aromatic heterocycles. The first-order valence-corrected chi connectivity index (χ1v) is 7.75. The fourth-order valence-electron chi connectivity index (χ4n) is 2.85. The van der Waals surface area contributed by atoms with Gasteiger partial charge in [0.25, 0.3) is 5.91 Å². The molecule has 1 aliphatic heterocycles. The second kappa shape index (κ2) is 6.50. The number of rotatable bonds is 4.